The summed E-state index contributed by atoms with van der Waals surface area (Å²) in [6, 6.07) is 3.59. The predicted molar refractivity (Wildman–Crippen MR) is 57.9 cm³/mol. The summed E-state index contributed by atoms with van der Waals surface area (Å²) < 4.78 is 0. The van der Waals surface area contributed by atoms with Crippen LogP contribution in [-0.2, 0) is 6.61 Å². The maximum absolute atomic E-state index is 8.83. The molecule has 0 radical (unpaired) electrons. The van der Waals surface area contributed by atoms with Gasteiger partial charge in [-0.2, -0.15) is 0 Å². The number of hydrogen-bond acceptors (Lipinski definition) is 2. The molecule has 3 heteroatoms. The molecule has 3 N–H and O–H groups in total. The number of rotatable bonds is 1. The maximum atomic E-state index is 8.83. The first kappa shape index (κ1) is 12.3. The zero-order valence-electron chi connectivity index (χ0n) is 8.26. The van der Waals surface area contributed by atoms with E-state index in [1.165, 1.54) is 0 Å². The lowest BCUT2D eigenvalue weighted by molar-refractivity contribution is 0.282. The monoisotopic (exact) mass is 201 g/mol. The van der Waals surface area contributed by atoms with E-state index in [1.54, 1.807) is 6.07 Å². The quantitative estimate of drug-likeness (QED) is 0.687. The lowest BCUT2D eigenvalue weighted by Crippen LogP contribution is -1.95. The number of aliphatic hydroxyl groups excluding tert-OH is 1. The molecule has 1 aromatic rings. The summed E-state index contributed by atoms with van der Waals surface area (Å²) in [4.78, 5) is 0. The normalized spacial score (nSPS) is 9.00. The zero-order valence-corrected chi connectivity index (χ0v) is 9.02. The maximum Gasteiger partial charge on any atom is 0.0702 e. The van der Waals surface area contributed by atoms with Crippen molar-refractivity contribution in [3.63, 3.8) is 0 Å². The van der Waals surface area contributed by atoms with Crippen LogP contribution in [0.2, 0.25) is 5.02 Å². The second-order valence-corrected chi connectivity index (χ2v) is 2.88. The minimum Gasteiger partial charge on any atom is -0.397 e. The van der Waals surface area contributed by atoms with E-state index in [2.05, 4.69) is 0 Å². The Hall–Kier alpha value is -0.730. The lowest BCUT2D eigenvalue weighted by Gasteiger charge is -2.05. The summed E-state index contributed by atoms with van der Waals surface area (Å²) in [6.45, 7) is 5.84. The molecular weight excluding hydrogens is 186 g/mol. The molecule has 0 aliphatic carbocycles. The molecule has 0 heterocycles. The Morgan fingerprint density at radius 1 is 1.38 bits per heavy atom. The largest absolute Gasteiger partial charge is 0.397 e. The van der Waals surface area contributed by atoms with Crippen LogP contribution in [-0.4, -0.2) is 5.11 Å². The van der Waals surface area contributed by atoms with E-state index >= 15 is 0 Å². The summed E-state index contributed by atoms with van der Waals surface area (Å²) in [5, 5.41) is 9.34. The minimum absolute atomic E-state index is 0.0623. The van der Waals surface area contributed by atoms with Gasteiger partial charge in [0, 0.05) is 5.56 Å². The van der Waals surface area contributed by atoms with E-state index in [-0.39, 0.29) is 6.61 Å². The van der Waals surface area contributed by atoms with Crippen molar-refractivity contribution in [1.29, 1.82) is 0 Å². The van der Waals surface area contributed by atoms with E-state index in [0.717, 1.165) is 5.56 Å². The fraction of sp³-hybridized carbons (Fsp3) is 0.400. The van der Waals surface area contributed by atoms with Gasteiger partial charge in [0.15, 0.2) is 0 Å². The van der Waals surface area contributed by atoms with E-state index in [9.17, 15) is 0 Å². The lowest BCUT2D eigenvalue weighted by atomic mass is 10.1. The SMILES string of the molecule is CC.Cc1cc(Cl)c(N)c(CO)c1. The highest BCUT2D eigenvalue weighted by Crippen LogP contribution is 2.24. The summed E-state index contributed by atoms with van der Waals surface area (Å²) in [5.74, 6) is 0. The number of anilines is 1. The molecule has 0 saturated heterocycles. The first-order valence-electron chi connectivity index (χ1n) is 4.30. The first-order valence-corrected chi connectivity index (χ1v) is 4.68. The third-order valence-electron chi connectivity index (χ3n) is 1.53. The van der Waals surface area contributed by atoms with Crippen molar-refractivity contribution in [2.45, 2.75) is 27.4 Å². The highest BCUT2D eigenvalue weighted by molar-refractivity contribution is 6.33. The molecule has 0 saturated carbocycles. The molecule has 0 amide bonds. The highest BCUT2D eigenvalue weighted by atomic mass is 35.5. The average molecular weight is 202 g/mol. The number of nitrogen functional groups attached to an aromatic ring is 1. The van der Waals surface area contributed by atoms with Crippen LogP contribution in [0.3, 0.4) is 0 Å². The van der Waals surface area contributed by atoms with Crippen molar-refractivity contribution in [1.82, 2.24) is 0 Å². The van der Waals surface area contributed by atoms with Crippen molar-refractivity contribution in [2.24, 2.45) is 0 Å². The third kappa shape index (κ3) is 3.25. The van der Waals surface area contributed by atoms with Gasteiger partial charge in [-0.3, -0.25) is 0 Å². The molecular formula is C10H16ClNO. The summed E-state index contributed by atoms with van der Waals surface area (Å²) >= 11 is 5.76. The van der Waals surface area contributed by atoms with Crippen molar-refractivity contribution in [2.75, 3.05) is 5.73 Å². The molecule has 74 valence electrons. The van der Waals surface area contributed by atoms with Crippen LogP contribution in [0, 0.1) is 6.92 Å². The van der Waals surface area contributed by atoms with Gasteiger partial charge >= 0.3 is 0 Å². The van der Waals surface area contributed by atoms with E-state index in [0.29, 0.717) is 16.3 Å². The molecule has 0 bridgehead atoms. The summed E-state index contributed by atoms with van der Waals surface area (Å²) in [6.07, 6.45) is 0. The Bertz CT molecular complexity index is 274. The minimum atomic E-state index is -0.0623. The van der Waals surface area contributed by atoms with Gasteiger partial charge in [-0.1, -0.05) is 31.5 Å². The molecule has 0 aromatic heterocycles. The fourth-order valence-corrected chi connectivity index (χ4v) is 1.25. The second kappa shape index (κ2) is 5.84. The van der Waals surface area contributed by atoms with Crippen LogP contribution in [0.4, 0.5) is 5.69 Å². The number of aryl methyl sites for hydroxylation is 1. The van der Waals surface area contributed by atoms with Crippen LogP contribution < -0.4 is 5.73 Å². The first-order chi connectivity index (χ1) is 6.15. The second-order valence-electron chi connectivity index (χ2n) is 2.48. The molecule has 0 spiro atoms. The Labute approximate surface area is 84.3 Å². The van der Waals surface area contributed by atoms with Gasteiger partial charge in [-0.15, -0.1) is 0 Å². The van der Waals surface area contributed by atoms with Gasteiger partial charge in [0.25, 0.3) is 0 Å². The Morgan fingerprint density at radius 3 is 2.38 bits per heavy atom. The number of halogens is 1. The third-order valence-corrected chi connectivity index (χ3v) is 1.84. The number of aliphatic hydroxyl groups is 1. The van der Waals surface area contributed by atoms with E-state index < -0.39 is 0 Å². The molecule has 0 aliphatic heterocycles. The molecule has 1 aromatic carbocycles. The van der Waals surface area contributed by atoms with Crippen LogP contribution in [0.5, 0.6) is 0 Å². The van der Waals surface area contributed by atoms with Gasteiger partial charge in [-0.05, 0) is 18.6 Å². The van der Waals surface area contributed by atoms with Gasteiger partial charge in [0.2, 0.25) is 0 Å². The fourth-order valence-electron chi connectivity index (χ4n) is 0.956. The average Bonchev–Trinajstić information content (AvgIpc) is 2.14. The molecule has 0 aliphatic rings. The Kier molecular flexibility index (Phi) is 5.51. The summed E-state index contributed by atoms with van der Waals surface area (Å²) in [5.41, 5.74) is 7.74. The van der Waals surface area contributed by atoms with E-state index in [1.807, 2.05) is 26.8 Å². The Morgan fingerprint density at radius 2 is 1.92 bits per heavy atom. The van der Waals surface area contributed by atoms with Gasteiger partial charge in [0.1, 0.15) is 0 Å². The van der Waals surface area contributed by atoms with Crippen molar-refractivity contribution < 1.29 is 5.11 Å². The number of hydrogen-bond donors (Lipinski definition) is 2. The summed E-state index contributed by atoms with van der Waals surface area (Å²) in [7, 11) is 0. The molecule has 1 rings (SSSR count). The van der Waals surface area contributed by atoms with Gasteiger partial charge in [0.05, 0.1) is 17.3 Å². The number of benzene rings is 1. The van der Waals surface area contributed by atoms with Crippen LogP contribution in [0.15, 0.2) is 12.1 Å². The zero-order chi connectivity index (χ0) is 10.4. The van der Waals surface area contributed by atoms with Crippen LogP contribution >= 0.6 is 11.6 Å². The predicted octanol–water partition coefficient (Wildman–Crippen LogP) is 2.75. The molecule has 2 nitrogen and oxygen atoms in total. The van der Waals surface area contributed by atoms with Crippen molar-refractivity contribution in [3.05, 3.63) is 28.3 Å². The van der Waals surface area contributed by atoms with E-state index in [4.69, 9.17) is 22.4 Å². The van der Waals surface area contributed by atoms with Crippen molar-refractivity contribution in [3.8, 4) is 0 Å². The van der Waals surface area contributed by atoms with Crippen molar-refractivity contribution >= 4 is 17.3 Å². The topological polar surface area (TPSA) is 46.2 Å². The Balaban J connectivity index is 0.000000671. The van der Waals surface area contributed by atoms with Crippen LogP contribution in [0.25, 0.3) is 0 Å². The van der Waals surface area contributed by atoms with Crippen LogP contribution in [0.1, 0.15) is 25.0 Å². The molecule has 0 fully saturated rings. The molecule has 0 atom stereocenters. The van der Waals surface area contributed by atoms with Gasteiger partial charge < -0.3 is 10.8 Å². The molecule has 0 unspecified atom stereocenters. The standard InChI is InChI=1S/C8H10ClNO.C2H6/c1-5-2-6(4-11)8(10)7(9)3-5;1-2/h2-3,11H,4,10H2,1H3;1-2H3. The van der Waals surface area contributed by atoms with Gasteiger partial charge in [-0.25, -0.2) is 0 Å². The highest BCUT2D eigenvalue weighted by Gasteiger charge is 2.02. The molecule has 13 heavy (non-hydrogen) atoms. The smallest absolute Gasteiger partial charge is 0.0702 e. The number of nitrogens with two attached hydrogens (primary N) is 1.